The zero-order chi connectivity index (χ0) is 12.1. The minimum absolute atomic E-state index is 0.174. The summed E-state index contributed by atoms with van der Waals surface area (Å²) in [6.45, 7) is 4.37. The maximum atomic E-state index is 10.7. The van der Waals surface area contributed by atoms with Crippen LogP contribution in [0.2, 0.25) is 0 Å². The molecule has 1 rings (SSSR count). The Morgan fingerprint density at radius 2 is 2.19 bits per heavy atom. The monoisotopic (exact) mass is 239 g/mol. The molecule has 1 aromatic rings. The molecule has 0 saturated carbocycles. The van der Waals surface area contributed by atoms with Crippen molar-refractivity contribution in [2.45, 2.75) is 25.2 Å². The van der Waals surface area contributed by atoms with Crippen LogP contribution in [0.3, 0.4) is 0 Å². The summed E-state index contributed by atoms with van der Waals surface area (Å²) in [6, 6.07) is 5.11. The number of carboxylic acid groups (broad SMARTS) is 1. The molecule has 16 heavy (non-hydrogen) atoms. The minimum atomic E-state index is -0.976. The fourth-order valence-electron chi connectivity index (χ4n) is 1.24. The van der Waals surface area contributed by atoms with Gasteiger partial charge in [-0.05, 0) is 36.3 Å². The summed E-state index contributed by atoms with van der Waals surface area (Å²) in [5.41, 5.74) is 6.17. The van der Waals surface area contributed by atoms with E-state index in [9.17, 15) is 4.79 Å². The van der Waals surface area contributed by atoms with Crippen molar-refractivity contribution < 1.29 is 9.90 Å². The van der Waals surface area contributed by atoms with Gasteiger partial charge in [-0.1, -0.05) is 13.8 Å². The summed E-state index contributed by atoms with van der Waals surface area (Å²) in [6.07, 6.45) is 1.14. The van der Waals surface area contributed by atoms with Gasteiger partial charge in [0.25, 0.3) is 0 Å². The summed E-state index contributed by atoms with van der Waals surface area (Å²) in [4.78, 5) is 11.8. The molecule has 4 heteroatoms. The third-order valence-electron chi connectivity index (χ3n) is 2.22. The highest BCUT2D eigenvalue weighted by molar-refractivity contribution is 7.99. The first-order chi connectivity index (χ1) is 7.50. The Balaban J connectivity index is 2.63. The normalized spacial score (nSPS) is 10.7. The van der Waals surface area contributed by atoms with Crippen LogP contribution in [-0.4, -0.2) is 16.8 Å². The van der Waals surface area contributed by atoms with Crippen molar-refractivity contribution in [1.29, 1.82) is 0 Å². The Labute approximate surface area is 100 Å². The number of anilines is 1. The van der Waals surface area contributed by atoms with Crippen LogP contribution in [0.1, 0.15) is 30.6 Å². The third kappa shape index (κ3) is 3.77. The fraction of sp³-hybridized carbons (Fsp3) is 0.417. The molecule has 0 aliphatic rings. The third-order valence-corrected chi connectivity index (χ3v) is 3.24. The molecule has 0 atom stereocenters. The molecule has 0 bridgehead atoms. The van der Waals surface area contributed by atoms with Crippen molar-refractivity contribution in [2.24, 2.45) is 5.92 Å². The van der Waals surface area contributed by atoms with Gasteiger partial charge < -0.3 is 10.8 Å². The van der Waals surface area contributed by atoms with Crippen molar-refractivity contribution in [1.82, 2.24) is 0 Å². The molecule has 0 aromatic heterocycles. The van der Waals surface area contributed by atoms with E-state index in [0.29, 0.717) is 11.6 Å². The summed E-state index contributed by atoms with van der Waals surface area (Å²) < 4.78 is 0. The maximum absolute atomic E-state index is 10.7. The smallest absolute Gasteiger partial charge is 0.337 e. The molecule has 88 valence electrons. The minimum Gasteiger partial charge on any atom is -0.478 e. The zero-order valence-corrected chi connectivity index (χ0v) is 10.4. The first-order valence-electron chi connectivity index (χ1n) is 5.26. The Hall–Kier alpha value is -1.16. The van der Waals surface area contributed by atoms with Gasteiger partial charge >= 0.3 is 5.97 Å². The Morgan fingerprint density at radius 1 is 1.50 bits per heavy atom. The number of aromatic carboxylic acids is 1. The zero-order valence-electron chi connectivity index (χ0n) is 9.56. The summed E-state index contributed by atoms with van der Waals surface area (Å²) in [5, 5.41) is 8.82. The number of benzene rings is 1. The number of hydrogen-bond acceptors (Lipinski definition) is 3. The Morgan fingerprint density at radius 3 is 2.69 bits per heavy atom. The van der Waals surface area contributed by atoms with E-state index in [0.717, 1.165) is 17.1 Å². The van der Waals surface area contributed by atoms with E-state index in [1.165, 1.54) is 0 Å². The Kier molecular flexibility index (Phi) is 4.68. The molecule has 3 N–H and O–H groups in total. The van der Waals surface area contributed by atoms with Gasteiger partial charge in [-0.25, -0.2) is 4.79 Å². The first-order valence-corrected chi connectivity index (χ1v) is 6.25. The fourth-order valence-corrected chi connectivity index (χ4v) is 2.44. The molecule has 0 unspecified atom stereocenters. The number of nitrogens with two attached hydrogens (primary N) is 1. The highest BCUT2D eigenvalue weighted by Crippen LogP contribution is 2.24. The van der Waals surface area contributed by atoms with Gasteiger partial charge in [-0.15, -0.1) is 11.8 Å². The number of carbonyl (C=O) groups is 1. The molecule has 0 aliphatic heterocycles. The molecular formula is C12H17NO2S. The lowest BCUT2D eigenvalue weighted by molar-refractivity contribution is 0.0698. The number of rotatable bonds is 5. The van der Waals surface area contributed by atoms with E-state index < -0.39 is 5.97 Å². The lowest BCUT2D eigenvalue weighted by Gasteiger charge is -2.06. The van der Waals surface area contributed by atoms with E-state index in [2.05, 4.69) is 13.8 Å². The van der Waals surface area contributed by atoms with Gasteiger partial charge in [0.15, 0.2) is 0 Å². The van der Waals surface area contributed by atoms with Crippen molar-refractivity contribution in [3.05, 3.63) is 23.8 Å². The molecule has 0 spiro atoms. The molecular weight excluding hydrogens is 222 g/mol. The van der Waals surface area contributed by atoms with Crippen molar-refractivity contribution in [3.8, 4) is 0 Å². The molecule has 0 aliphatic carbocycles. The van der Waals surface area contributed by atoms with Gasteiger partial charge in [0.1, 0.15) is 0 Å². The van der Waals surface area contributed by atoms with E-state index in [-0.39, 0.29) is 5.56 Å². The maximum Gasteiger partial charge on any atom is 0.337 e. The van der Waals surface area contributed by atoms with Crippen LogP contribution in [-0.2, 0) is 0 Å². The van der Waals surface area contributed by atoms with Crippen LogP contribution in [0.15, 0.2) is 23.1 Å². The summed E-state index contributed by atoms with van der Waals surface area (Å²) in [5.74, 6) is 0.739. The molecule has 0 fully saturated rings. The molecule has 1 aromatic carbocycles. The number of thioether (sulfide) groups is 1. The predicted molar refractivity (Wildman–Crippen MR) is 68.0 cm³/mol. The van der Waals surface area contributed by atoms with E-state index in [4.69, 9.17) is 10.8 Å². The van der Waals surface area contributed by atoms with E-state index in [1.807, 2.05) is 6.07 Å². The number of nitrogen functional groups attached to an aromatic ring is 1. The van der Waals surface area contributed by atoms with E-state index >= 15 is 0 Å². The second-order valence-corrected chi connectivity index (χ2v) is 5.25. The predicted octanol–water partition coefficient (Wildman–Crippen LogP) is 3.11. The average Bonchev–Trinajstić information content (AvgIpc) is 2.16. The first kappa shape index (κ1) is 12.9. The highest BCUT2D eigenvalue weighted by Gasteiger charge is 2.08. The van der Waals surface area contributed by atoms with Crippen LogP contribution < -0.4 is 5.73 Å². The average molecular weight is 239 g/mol. The second kappa shape index (κ2) is 5.80. The van der Waals surface area contributed by atoms with E-state index in [1.54, 1.807) is 23.9 Å². The largest absolute Gasteiger partial charge is 0.478 e. The van der Waals surface area contributed by atoms with Crippen LogP contribution in [0.4, 0.5) is 5.69 Å². The van der Waals surface area contributed by atoms with Gasteiger partial charge in [0.05, 0.1) is 5.56 Å². The molecule has 0 amide bonds. The van der Waals surface area contributed by atoms with Crippen LogP contribution in [0, 0.1) is 5.92 Å². The van der Waals surface area contributed by atoms with Crippen molar-refractivity contribution in [2.75, 3.05) is 11.5 Å². The number of hydrogen-bond donors (Lipinski definition) is 2. The molecule has 0 saturated heterocycles. The topological polar surface area (TPSA) is 63.3 Å². The SMILES string of the molecule is CC(C)CCSc1ccc(C(=O)O)c(N)c1. The lowest BCUT2D eigenvalue weighted by atomic mass is 10.2. The summed E-state index contributed by atoms with van der Waals surface area (Å²) >= 11 is 1.71. The van der Waals surface area contributed by atoms with Crippen LogP contribution in [0.5, 0.6) is 0 Å². The Bertz CT molecular complexity index is 377. The highest BCUT2D eigenvalue weighted by atomic mass is 32.2. The van der Waals surface area contributed by atoms with Crippen molar-refractivity contribution in [3.63, 3.8) is 0 Å². The van der Waals surface area contributed by atoms with Crippen LogP contribution >= 0.6 is 11.8 Å². The molecule has 0 radical (unpaired) electrons. The lowest BCUT2D eigenvalue weighted by Crippen LogP contribution is -2.02. The van der Waals surface area contributed by atoms with Crippen molar-refractivity contribution >= 4 is 23.4 Å². The van der Waals surface area contributed by atoms with Crippen LogP contribution in [0.25, 0.3) is 0 Å². The van der Waals surface area contributed by atoms with Gasteiger partial charge in [0, 0.05) is 10.6 Å². The standard InChI is InChI=1S/C12H17NO2S/c1-8(2)5-6-16-9-3-4-10(12(14)15)11(13)7-9/h3-4,7-8H,5-6,13H2,1-2H3,(H,14,15). The molecule has 0 heterocycles. The van der Waals surface area contributed by atoms with Gasteiger partial charge in [-0.3, -0.25) is 0 Å². The van der Waals surface area contributed by atoms with Gasteiger partial charge in [-0.2, -0.15) is 0 Å². The number of carboxylic acids is 1. The quantitative estimate of drug-likeness (QED) is 0.612. The van der Waals surface area contributed by atoms with Gasteiger partial charge in [0.2, 0.25) is 0 Å². The second-order valence-electron chi connectivity index (χ2n) is 4.09. The molecule has 3 nitrogen and oxygen atoms in total. The summed E-state index contributed by atoms with van der Waals surface area (Å²) in [7, 11) is 0.